The molecule has 0 aromatic heterocycles. The van der Waals surface area contributed by atoms with E-state index in [0.717, 1.165) is 0 Å². The van der Waals surface area contributed by atoms with Crippen LogP contribution in [0.4, 0.5) is 11.4 Å². The minimum Gasteiger partial charge on any atom is -0.321 e. The molecule has 7 heteroatoms. The molecule has 0 aliphatic rings. The second kappa shape index (κ2) is 6.02. The molecule has 2 rings (SSSR count). The molecule has 0 aliphatic carbocycles. The molecule has 0 radical (unpaired) electrons. The number of nitrogens with zero attached hydrogens (tertiary/aromatic N) is 1. The maximum atomic E-state index is 12.1. The normalized spacial score (nSPS) is 10.1. The van der Waals surface area contributed by atoms with Crippen molar-refractivity contribution < 1.29 is 9.72 Å². The van der Waals surface area contributed by atoms with Crippen LogP contribution in [-0.2, 0) is 0 Å². The molecule has 1 amide bonds. The van der Waals surface area contributed by atoms with E-state index < -0.39 is 10.8 Å². The Bertz CT molecular complexity index is 691. The first kappa shape index (κ1) is 14.5. The number of carbonyl (C=O) groups excluding carboxylic acids is 1. The Morgan fingerprint density at radius 1 is 1.25 bits per heavy atom. The zero-order valence-corrected chi connectivity index (χ0v) is 12.3. The van der Waals surface area contributed by atoms with Crippen molar-refractivity contribution in [2.75, 3.05) is 5.32 Å². The molecule has 0 fully saturated rings. The smallest absolute Gasteiger partial charge is 0.270 e. The lowest BCUT2D eigenvalue weighted by Gasteiger charge is -2.08. The van der Waals surface area contributed by atoms with Crippen LogP contribution in [0.2, 0.25) is 5.02 Å². The van der Waals surface area contributed by atoms with Gasteiger partial charge in [0.1, 0.15) is 0 Å². The monoisotopic (exact) mass is 354 g/mol. The van der Waals surface area contributed by atoms with Gasteiger partial charge in [-0.2, -0.15) is 0 Å². The Labute approximate surface area is 127 Å². The van der Waals surface area contributed by atoms with Crippen LogP contribution in [0.3, 0.4) is 0 Å². The van der Waals surface area contributed by atoms with Crippen LogP contribution in [0.1, 0.15) is 10.4 Å². The number of nitrogens with one attached hydrogen (secondary N) is 1. The van der Waals surface area contributed by atoms with Gasteiger partial charge in [-0.25, -0.2) is 0 Å². The van der Waals surface area contributed by atoms with Gasteiger partial charge in [0, 0.05) is 17.7 Å². The van der Waals surface area contributed by atoms with Crippen LogP contribution in [0.5, 0.6) is 0 Å². The quantitative estimate of drug-likeness (QED) is 0.660. The fraction of sp³-hybridized carbons (Fsp3) is 0. The summed E-state index contributed by atoms with van der Waals surface area (Å²) in [5.74, 6) is -0.448. The molecule has 0 unspecified atom stereocenters. The van der Waals surface area contributed by atoms with E-state index in [2.05, 4.69) is 21.2 Å². The molecule has 0 saturated carbocycles. The Balaban J connectivity index is 2.26. The number of anilines is 1. The van der Waals surface area contributed by atoms with E-state index in [1.165, 1.54) is 24.3 Å². The van der Waals surface area contributed by atoms with E-state index in [4.69, 9.17) is 11.6 Å². The zero-order valence-electron chi connectivity index (χ0n) is 9.97. The van der Waals surface area contributed by atoms with Crippen molar-refractivity contribution in [3.8, 4) is 0 Å². The largest absolute Gasteiger partial charge is 0.321 e. The van der Waals surface area contributed by atoms with Crippen molar-refractivity contribution in [1.29, 1.82) is 0 Å². The minimum absolute atomic E-state index is 0.136. The SMILES string of the molecule is O=C(Nc1cccc(Cl)c1Br)c1cccc([N+](=O)[O-])c1. The van der Waals surface area contributed by atoms with E-state index in [0.29, 0.717) is 15.2 Å². The van der Waals surface area contributed by atoms with Crippen molar-refractivity contribution in [3.05, 3.63) is 67.6 Å². The summed E-state index contributed by atoms with van der Waals surface area (Å²) in [6, 6.07) is 10.5. The average molecular weight is 356 g/mol. The second-order valence-electron chi connectivity index (χ2n) is 3.86. The number of nitro benzene ring substituents is 1. The first-order chi connectivity index (χ1) is 9.49. The Morgan fingerprint density at radius 3 is 2.65 bits per heavy atom. The number of halogens is 2. The molecular weight excluding hydrogens is 348 g/mol. The van der Waals surface area contributed by atoms with E-state index >= 15 is 0 Å². The topological polar surface area (TPSA) is 72.2 Å². The van der Waals surface area contributed by atoms with E-state index in [1.54, 1.807) is 18.2 Å². The summed E-state index contributed by atoms with van der Waals surface area (Å²) in [5, 5.41) is 13.8. The van der Waals surface area contributed by atoms with Crippen molar-refractivity contribution in [3.63, 3.8) is 0 Å². The lowest BCUT2D eigenvalue weighted by atomic mass is 10.2. The highest BCUT2D eigenvalue weighted by atomic mass is 79.9. The highest BCUT2D eigenvalue weighted by molar-refractivity contribution is 9.10. The Morgan fingerprint density at radius 2 is 1.95 bits per heavy atom. The first-order valence-corrected chi connectivity index (χ1v) is 6.66. The van der Waals surface area contributed by atoms with Crippen LogP contribution in [0.15, 0.2) is 46.9 Å². The number of nitro groups is 1. The second-order valence-corrected chi connectivity index (χ2v) is 5.06. The number of carbonyl (C=O) groups is 1. The molecule has 1 N–H and O–H groups in total. The number of amides is 1. The van der Waals surface area contributed by atoms with Crippen LogP contribution in [0, 0.1) is 10.1 Å². The first-order valence-electron chi connectivity index (χ1n) is 5.49. The maximum Gasteiger partial charge on any atom is 0.270 e. The van der Waals surface area contributed by atoms with Crippen molar-refractivity contribution in [2.45, 2.75) is 0 Å². The molecule has 2 aromatic carbocycles. The number of hydrogen-bond donors (Lipinski definition) is 1. The summed E-state index contributed by atoms with van der Waals surface area (Å²) in [5.41, 5.74) is 0.558. The van der Waals surface area contributed by atoms with Gasteiger partial charge >= 0.3 is 0 Å². The lowest BCUT2D eigenvalue weighted by Crippen LogP contribution is -2.12. The standard InChI is InChI=1S/C13H8BrClN2O3/c14-12-10(15)5-2-6-11(12)16-13(18)8-3-1-4-9(7-8)17(19)20/h1-7H,(H,16,18). The molecule has 0 spiro atoms. The Kier molecular flexibility index (Phi) is 4.36. The summed E-state index contributed by atoms with van der Waals surface area (Å²) in [6.45, 7) is 0. The van der Waals surface area contributed by atoms with Gasteiger partial charge < -0.3 is 5.32 Å². The van der Waals surface area contributed by atoms with Crippen molar-refractivity contribution in [2.24, 2.45) is 0 Å². The number of benzene rings is 2. The van der Waals surface area contributed by atoms with E-state index in [-0.39, 0.29) is 11.3 Å². The summed E-state index contributed by atoms with van der Waals surface area (Å²) in [4.78, 5) is 22.2. The average Bonchev–Trinajstić information content (AvgIpc) is 2.44. The van der Waals surface area contributed by atoms with Gasteiger partial charge in [0.15, 0.2) is 0 Å². The maximum absolute atomic E-state index is 12.1. The molecule has 0 bridgehead atoms. The highest BCUT2D eigenvalue weighted by Crippen LogP contribution is 2.30. The third-order valence-electron chi connectivity index (χ3n) is 2.52. The highest BCUT2D eigenvalue weighted by Gasteiger charge is 2.13. The molecule has 0 aliphatic heterocycles. The number of hydrogen-bond acceptors (Lipinski definition) is 3. The summed E-state index contributed by atoms with van der Waals surface area (Å²) in [7, 11) is 0. The summed E-state index contributed by atoms with van der Waals surface area (Å²) >= 11 is 9.19. The lowest BCUT2D eigenvalue weighted by molar-refractivity contribution is -0.384. The predicted molar refractivity (Wildman–Crippen MR) is 80.2 cm³/mol. The molecular formula is C13H8BrClN2O3. The van der Waals surface area contributed by atoms with Crippen LogP contribution >= 0.6 is 27.5 Å². The van der Waals surface area contributed by atoms with Crippen molar-refractivity contribution in [1.82, 2.24) is 0 Å². The predicted octanol–water partition coefficient (Wildman–Crippen LogP) is 4.26. The molecule has 20 heavy (non-hydrogen) atoms. The van der Waals surface area contributed by atoms with Gasteiger partial charge in [0.2, 0.25) is 0 Å². The molecule has 102 valence electrons. The molecule has 2 aromatic rings. The van der Waals surface area contributed by atoms with Crippen LogP contribution < -0.4 is 5.32 Å². The molecule has 0 saturated heterocycles. The molecule has 0 atom stereocenters. The van der Waals surface area contributed by atoms with Gasteiger partial charge in [-0.05, 0) is 34.1 Å². The van der Waals surface area contributed by atoms with Gasteiger partial charge in [-0.3, -0.25) is 14.9 Å². The number of non-ortho nitro benzene ring substituents is 1. The van der Waals surface area contributed by atoms with E-state index in [1.807, 2.05) is 0 Å². The van der Waals surface area contributed by atoms with E-state index in [9.17, 15) is 14.9 Å². The van der Waals surface area contributed by atoms with Gasteiger partial charge in [-0.15, -0.1) is 0 Å². The van der Waals surface area contributed by atoms with Crippen LogP contribution in [-0.4, -0.2) is 10.8 Å². The fourth-order valence-corrected chi connectivity index (χ4v) is 2.09. The zero-order chi connectivity index (χ0) is 14.7. The third kappa shape index (κ3) is 3.15. The van der Waals surface area contributed by atoms with Gasteiger partial charge in [-0.1, -0.05) is 23.7 Å². The summed E-state index contributed by atoms with van der Waals surface area (Å²) in [6.07, 6.45) is 0. The van der Waals surface area contributed by atoms with Crippen LogP contribution in [0.25, 0.3) is 0 Å². The fourth-order valence-electron chi connectivity index (χ4n) is 1.56. The molecule has 5 nitrogen and oxygen atoms in total. The molecule has 0 heterocycles. The third-order valence-corrected chi connectivity index (χ3v) is 3.92. The van der Waals surface area contributed by atoms with Crippen molar-refractivity contribution >= 4 is 44.8 Å². The summed E-state index contributed by atoms with van der Waals surface area (Å²) < 4.78 is 0.556. The van der Waals surface area contributed by atoms with Gasteiger partial charge in [0.05, 0.1) is 20.1 Å². The Hall–Kier alpha value is -1.92. The minimum atomic E-state index is -0.550. The number of rotatable bonds is 3. The van der Waals surface area contributed by atoms with Gasteiger partial charge in [0.25, 0.3) is 11.6 Å².